The zero-order valence-electron chi connectivity index (χ0n) is 14.3. The van der Waals surface area contributed by atoms with Crippen LogP contribution in [0, 0.1) is 18.2 Å². The van der Waals surface area contributed by atoms with E-state index in [2.05, 4.69) is 15.3 Å². The van der Waals surface area contributed by atoms with Gasteiger partial charge in [0.05, 0.1) is 11.8 Å². The van der Waals surface area contributed by atoms with E-state index in [9.17, 15) is 4.39 Å². The molecule has 0 amide bonds. The Morgan fingerprint density at radius 1 is 1.12 bits per heavy atom. The van der Waals surface area contributed by atoms with E-state index in [-0.39, 0.29) is 17.5 Å². The summed E-state index contributed by atoms with van der Waals surface area (Å²) in [5.74, 6) is 0.438. The van der Waals surface area contributed by atoms with E-state index >= 15 is 0 Å². The number of nitrogens with one attached hydrogen (secondary N) is 2. The summed E-state index contributed by atoms with van der Waals surface area (Å²) in [5.41, 5.74) is 15.3. The first-order chi connectivity index (χ1) is 12.4. The SMILES string of the molecule is Cc1cc(F)cnc1NCc1ccc(-c2cnc(N)c(C(=N)N)c2)cc1. The van der Waals surface area contributed by atoms with Gasteiger partial charge in [-0.3, -0.25) is 5.41 Å². The van der Waals surface area contributed by atoms with Crippen molar-refractivity contribution in [3.8, 4) is 11.1 Å². The molecule has 3 aromatic rings. The highest BCUT2D eigenvalue weighted by Gasteiger charge is 2.07. The first-order valence-corrected chi connectivity index (χ1v) is 7.99. The van der Waals surface area contributed by atoms with Crippen LogP contribution < -0.4 is 16.8 Å². The van der Waals surface area contributed by atoms with Gasteiger partial charge in [-0.25, -0.2) is 14.4 Å². The molecule has 0 aliphatic rings. The molecule has 0 bridgehead atoms. The second-order valence-corrected chi connectivity index (χ2v) is 5.94. The van der Waals surface area contributed by atoms with Gasteiger partial charge in [-0.2, -0.15) is 0 Å². The Morgan fingerprint density at radius 2 is 1.85 bits per heavy atom. The molecule has 0 aliphatic carbocycles. The zero-order valence-corrected chi connectivity index (χ0v) is 14.3. The number of rotatable bonds is 5. The van der Waals surface area contributed by atoms with Gasteiger partial charge in [0.25, 0.3) is 0 Å². The first kappa shape index (κ1) is 17.3. The average Bonchev–Trinajstić information content (AvgIpc) is 2.62. The number of nitrogens with two attached hydrogens (primary N) is 2. The van der Waals surface area contributed by atoms with Crippen molar-refractivity contribution in [1.29, 1.82) is 5.41 Å². The van der Waals surface area contributed by atoms with Crippen LogP contribution >= 0.6 is 0 Å². The molecular formula is C19H19FN6. The maximum atomic E-state index is 13.1. The lowest BCUT2D eigenvalue weighted by Gasteiger charge is -2.10. The number of nitrogens with zero attached hydrogens (tertiary/aromatic N) is 2. The van der Waals surface area contributed by atoms with Gasteiger partial charge < -0.3 is 16.8 Å². The molecule has 0 aliphatic heterocycles. The number of hydrogen-bond acceptors (Lipinski definition) is 5. The first-order valence-electron chi connectivity index (χ1n) is 7.99. The number of amidine groups is 1. The molecular weight excluding hydrogens is 331 g/mol. The van der Waals surface area contributed by atoms with Crippen molar-refractivity contribution in [2.75, 3.05) is 11.1 Å². The number of benzene rings is 1. The smallest absolute Gasteiger partial charge is 0.141 e. The average molecular weight is 350 g/mol. The second kappa shape index (κ2) is 7.18. The van der Waals surface area contributed by atoms with Gasteiger partial charge in [0.15, 0.2) is 0 Å². The molecule has 7 heteroatoms. The number of nitrogen functional groups attached to an aromatic ring is 2. The Morgan fingerprint density at radius 3 is 2.50 bits per heavy atom. The van der Waals surface area contributed by atoms with Crippen LogP contribution in [0.5, 0.6) is 0 Å². The number of aromatic nitrogens is 2. The second-order valence-electron chi connectivity index (χ2n) is 5.94. The Bertz CT molecular complexity index is 953. The van der Waals surface area contributed by atoms with Crippen LogP contribution in [-0.2, 0) is 6.54 Å². The van der Waals surface area contributed by atoms with E-state index in [1.165, 1.54) is 12.3 Å². The molecule has 132 valence electrons. The molecule has 0 atom stereocenters. The van der Waals surface area contributed by atoms with E-state index < -0.39 is 0 Å². The summed E-state index contributed by atoms with van der Waals surface area (Å²) >= 11 is 0. The maximum absolute atomic E-state index is 13.1. The van der Waals surface area contributed by atoms with Gasteiger partial charge in [0.2, 0.25) is 0 Å². The lowest BCUT2D eigenvalue weighted by Crippen LogP contribution is -2.14. The number of hydrogen-bond donors (Lipinski definition) is 4. The third kappa shape index (κ3) is 3.77. The summed E-state index contributed by atoms with van der Waals surface area (Å²) in [5, 5.41) is 10.8. The fourth-order valence-corrected chi connectivity index (χ4v) is 2.58. The highest BCUT2D eigenvalue weighted by Crippen LogP contribution is 2.23. The summed E-state index contributed by atoms with van der Waals surface area (Å²) in [6.45, 7) is 2.38. The predicted octanol–water partition coefficient (Wildman–Crippen LogP) is 3.07. The van der Waals surface area contributed by atoms with Gasteiger partial charge >= 0.3 is 0 Å². The van der Waals surface area contributed by atoms with Crippen molar-refractivity contribution in [3.05, 3.63) is 71.3 Å². The van der Waals surface area contributed by atoms with Gasteiger partial charge in [-0.1, -0.05) is 24.3 Å². The lowest BCUT2D eigenvalue weighted by atomic mass is 10.0. The molecule has 26 heavy (non-hydrogen) atoms. The number of aryl methyl sites for hydroxylation is 1. The quantitative estimate of drug-likeness (QED) is 0.417. The topological polar surface area (TPSA) is 114 Å². The van der Waals surface area contributed by atoms with E-state index in [0.29, 0.717) is 17.9 Å². The molecule has 0 spiro atoms. The highest BCUT2D eigenvalue weighted by molar-refractivity contribution is 6.00. The third-order valence-electron chi connectivity index (χ3n) is 4.00. The van der Waals surface area contributed by atoms with Gasteiger partial charge in [-0.15, -0.1) is 0 Å². The summed E-state index contributed by atoms with van der Waals surface area (Å²) in [4.78, 5) is 8.15. The van der Waals surface area contributed by atoms with Gasteiger partial charge in [0, 0.05) is 18.3 Å². The molecule has 1 aromatic carbocycles. The van der Waals surface area contributed by atoms with Crippen molar-refractivity contribution >= 4 is 17.5 Å². The highest BCUT2D eigenvalue weighted by atomic mass is 19.1. The molecule has 0 fully saturated rings. The molecule has 2 aromatic heterocycles. The number of halogens is 1. The Balaban J connectivity index is 1.74. The molecule has 0 radical (unpaired) electrons. The van der Waals surface area contributed by atoms with Crippen LogP contribution in [0.3, 0.4) is 0 Å². The van der Waals surface area contributed by atoms with Crippen molar-refractivity contribution < 1.29 is 4.39 Å². The monoisotopic (exact) mass is 350 g/mol. The van der Waals surface area contributed by atoms with E-state index in [1.807, 2.05) is 31.2 Å². The van der Waals surface area contributed by atoms with E-state index in [4.69, 9.17) is 16.9 Å². The molecule has 6 nitrogen and oxygen atoms in total. The standard InChI is InChI=1S/C19H19FN6/c1-11-6-15(20)10-26-19(11)25-8-12-2-4-13(5-3-12)14-7-16(17(21)22)18(23)24-9-14/h2-7,9-10H,8H2,1H3,(H3,21,22)(H2,23,24)(H,25,26). The van der Waals surface area contributed by atoms with Gasteiger partial charge in [-0.05, 0) is 35.7 Å². The molecule has 2 heterocycles. The minimum Gasteiger partial charge on any atom is -0.384 e. The van der Waals surface area contributed by atoms with Crippen molar-refractivity contribution in [2.45, 2.75) is 13.5 Å². The third-order valence-corrected chi connectivity index (χ3v) is 4.00. The summed E-state index contributed by atoms with van der Waals surface area (Å²) in [7, 11) is 0. The van der Waals surface area contributed by atoms with Crippen LogP contribution in [0.2, 0.25) is 0 Å². The normalized spacial score (nSPS) is 10.5. The predicted molar refractivity (Wildman–Crippen MR) is 101 cm³/mol. The minimum atomic E-state index is -0.348. The number of anilines is 2. The largest absolute Gasteiger partial charge is 0.384 e. The van der Waals surface area contributed by atoms with Crippen LogP contribution in [0.4, 0.5) is 16.0 Å². The summed E-state index contributed by atoms with van der Waals surface area (Å²) < 4.78 is 13.1. The summed E-state index contributed by atoms with van der Waals surface area (Å²) in [6, 6.07) is 11.1. The van der Waals surface area contributed by atoms with Crippen molar-refractivity contribution in [3.63, 3.8) is 0 Å². The van der Waals surface area contributed by atoms with Crippen LogP contribution in [-0.4, -0.2) is 15.8 Å². The minimum absolute atomic E-state index is 0.111. The van der Waals surface area contributed by atoms with Crippen LogP contribution in [0.15, 0.2) is 48.8 Å². The van der Waals surface area contributed by atoms with Crippen molar-refractivity contribution in [2.24, 2.45) is 5.73 Å². The molecule has 0 saturated carbocycles. The molecule has 0 saturated heterocycles. The molecule has 0 unspecified atom stereocenters. The Kier molecular flexibility index (Phi) is 4.79. The molecule has 6 N–H and O–H groups in total. The van der Waals surface area contributed by atoms with E-state index in [1.54, 1.807) is 12.3 Å². The Labute approximate surface area is 150 Å². The molecule has 3 rings (SSSR count). The van der Waals surface area contributed by atoms with Gasteiger partial charge in [0.1, 0.15) is 23.3 Å². The Hall–Kier alpha value is -3.48. The number of pyridine rings is 2. The maximum Gasteiger partial charge on any atom is 0.141 e. The van der Waals surface area contributed by atoms with E-state index in [0.717, 1.165) is 22.3 Å². The zero-order chi connectivity index (χ0) is 18.7. The van der Waals surface area contributed by atoms with Crippen molar-refractivity contribution in [1.82, 2.24) is 9.97 Å². The lowest BCUT2D eigenvalue weighted by molar-refractivity contribution is 0.620. The summed E-state index contributed by atoms with van der Waals surface area (Å²) in [6.07, 6.45) is 2.85. The van der Waals surface area contributed by atoms with Crippen LogP contribution in [0.25, 0.3) is 11.1 Å². The van der Waals surface area contributed by atoms with Crippen LogP contribution in [0.1, 0.15) is 16.7 Å². The fourth-order valence-electron chi connectivity index (χ4n) is 2.58. The fraction of sp³-hybridized carbons (Fsp3) is 0.105.